The minimum atomic E-state index is -1.15. The van der Waals surface area contributed by atoms with Gasteiger partial charge in [0.2, 0.25) is 0 Å². The van der Waals surface area contributed by atoms with E-state index in [-0.39, 0.29) is 17.2 Å². The van der Waals surface area contributed by atoms with Crippen LogP contribution in [0.5, 0.6) is 5.75 Å². The predicted molar refractivity (Wildman–Crippen MR) is 160 cm³/mol. The number of carbonyl (C=O) groups is 4. The number of fused-ring (bicyclic) bond motifs is 4. The number of H-pyrrole nitrogens is 1. The standard InChI is InChI=1S/C33H32N4O6/c1-4-18(2)27(32(40)41)35-30(38)22-13-6-8-15-25(22)37-31(39)26-17-23-21-12-5-7-14-24(21)34-28(23)29(36(26)33(37)42)19-10-9-11-20(16-19)43-3/h5-16,18,26-27,29,34H,4,17H2,1-3H3,(H,35,38)(H,40,41)/t18?,26-,27-,29?/m0/s1. The molecule has 0 radical (unpaired) electrons. The first-order valence-corrected chi connectivity index (χ1v) is 14.3. The van der Waals surface area contributed by atoms with Crippen LogP contribution >= 0.6 is 0 Å². The van der Waals surface area contributed by atoms with Crippen LogP contribution in [0.15, 0.2) is 72.8 Å². The lowest BCUT2D eigenvalue weighted by Crippen LogP contribution is -2.45. The Labute approximate surface area is 248 Å². The van der Waals surface area contributed by atoms with E-state index in [1.165, 1.54) is 12.1 Å². The number of hydrogen-bond acceptors (Lipinski definition) is 5. The number of urea groups is 1. The van der Waals surface area contributed by atoms with Crippen LogP contribution in [0.2, 0.25) is 0 Å². The Morgan fingerprint density at radius 2 is 1.81 bits per heavy atom. The van der Waals surface area contributed by atoms with Crippen molar-refractivity contribution in [1.29, 1.82) is 0 Å². The number of para-hydroxylation sites is 2. The number of aromatic nitrogens is 1. The molecule has 2 aliphatic heterocycles. The average Bonchev–Trinajstić information content (AvgIpc) is 3.51. The number of benzene rings is 3. The summed E-state index contributed by atoms with van der Waals surface area (Å²) in [6.45, 7) is 3.59. The molecule has 0 spiro atoms. The Kier molecular flexibility index (Phi) is 7.13. The Bertz CT molecular complexity index is 1760. The number of carboxylic acids is 1. The molecule has 0 saturated carbocycles. The molecule has 1 saturated heterocycles. The van der Waals surface area contributed by atoms with Gasteiger partial charge in [-0.25, -0.2) is 14.5 Å². The van der Waals surface area contributed by atoms with Crippen LogP contribution in [0.1, 0.15) is 53.5 Å². The van der Waals surface area contributed by atoms with Gasteiger partial charge in [-0.3, -0.25) is 14.5 Å². The van der Waals surface area contributed by atoms with E-state index in [1.54, 1.807) is 31.1 Å². The number of aliphatic carboxylic acids is 1. The van der Waals surface area contributed by atoms with Crippen molar-refractivity contribution in [2.24, 2.45) is 5.92 Å². The van der Waals surface area contributed by atoms with Gasteiger partial charge in [0.1, 0.15) is 23.9 Å². The second-order valence-electron chi connectivity index (χ2n) is 11.0. The number of imide groups is 1. The summed E-state index contributed by atoms with van der Waals surface area (Å²) in [7, 11) is 1.57. The zero-order valence-corrected chi connectivity index (χ0v) is 24.0. The summed E-state index contributed by atoms with van der Waals surface area (Å²) >= 11 is 0. The molecule has 0 bridgehead atoms. The fourth-order valence-corrected chi connectivity index (χ4v) is 6.22. The summed E-state index contributed by atoms with van der Waals surface area (Å²) in [6, 6.07) is 18.4. The van der Waals surface area contributed by atoms with E-state index in [2.05, 4.69) is 10.3 Å². The molecule has 2 aliphatic rings. The average molecular weight is 581 g/mol. The Morgan fingerprint density at radius 3 is 2.56 bits per heavy atom. The monoisotopic (exact) mass is 580 g/mol. The second kappa shape index (κ2) is 10.9. The molecule has 10 heteroatoms. The highest BCUT2D eigenvalue weighted by molar-refractivity contribution is 6.24. The van der Waals surface area contributed by atoms with Gasteiger partial charge >= 0.3 is 12.0 Å². The highest BCUT2D eigenvalue weighted by atomic mass is 16.5. The van der Waals surface area contributed by atoms with Crippen molar-refractivity contribution < 1.29 is 29.0 Å². The molecule has 3 heterocycles. The summed E-state index contributed by atoms with van der Waals surface area (Å²) in [4.78, 5) is 60.0. The van der Waals surface area contributed by atoms with Gasteiger partial charge in [-0.05, 0) is 47.4 Å². The molecule has 1 fully saturated rings. The maximum absolute atomic E-state index is 14.3. The van der Waals surface area contributed by atoms with Crippen LogP contribution in [0, 0.1) is 5.92 Å². The molecule has 220 valence electrons. The first-order valence-electron chi connectivity index (χ1n) is 14.3. The van der Waals surface area contributed by atoms with Crippen LogP contribution < -0.4 is 15.0 Å². The van der Waals surface area contributed by atoms with Gasteiger partial charge in [0.25, 0.3) is 11.8 Å². The lowest BCUT2D eigenvalue weighted by atomic mass is 9.89. The molecule has 4 atom stereocenters. The Morgan fingerprint density at radius 1 is 1.07 bits per heavy atom. The minimum absolute atomic E-state index is 0.0421. The number of rotatable bonds is 8. The normalized spacial score (nSPS) is 19.1. The van der Waals surface area contributed by atoms with Crippen LogP contribution in [-0.4, -0.2) is 58.0 Å². The summed E-state index contributed by atoms with van der Waals surface area (Å²) in [5.74, 6) is -1.99. The molecular weight excluding hydrogens is 548 g/mol. The maximum atomic E-state index is 14.3. The number of nitrogens with one attached hydrogen (secondary N) is 2. The molecule has 10 nitrogen and oxygen atoms in total. The summed E-state index contributed by atoms with van der Waals surface area (Å²) in [6.07, 6.45) is 0.837. The molecular formula is C33H32N4O6. The molecule has 4 aromatic rings. The number of hydrogen-bond donors (Lipinski definition) is 3. The van der Waals surface area contributed by atoms with Crippen molar-refractivity contribution in [3.05, 3.63) is 95.2 Å². The second-order valence-corrected chi connectivity index (χ2v) is 11.0. The van der Waals surface area contributed by atoms with Crippen LogP contribution in [0.25, 0.3) is 10.9 Å². The number of carboxylic acid groups (broad SMARTS) is 1. The summed E-state index contributed by atoms with van der Waals surface area (Å²) in [5, 5.41) is 13.3. The maximum Gasteiger partial charge on any atom is 0.332 e. The zero-order chi connectivity index (χ0) is 30.4. The number of carbonyl (C=O) groups excluding carboxylic acids is 3. The van der Waals surface area contributed by atoms with E-state index in [0.29, 0.717) is 18.6 Å². The third kappa shape index (κ3) is 4.59. The van der Waals surface area contributed by atoms with Crippen molar-refractivity contribution in [1.82, 2.24) is 15.2 Å². The van der Waals surface area contributed by atoms with Crippen molar-refractivity contribution in [2.45, 2.75) is 44.8 Å². The number of ether oxygens (including phenoxy) is 1. The Balaban J connectivity index is 1.44. The van der Waals surface area contributed by atoms with Gasteiger partial charge in [-0.15, -0.1) is 0 Å². The SMILES string of the molecule is CCC(C)[C@H](NC(=O)c1ccccc1N1C(=O)[C@@H]2Cc3c([nH]c4ccccc34)C(c3cccc(OC)c3)N2C1=O)C(=O)O. The molecule has 2 unspecified atom stereocenters. The molecule has 3 aromatic carbocycles. The lowest BCUT2D eigenvalue weighted by Gasteiger charge is -2.36. The number of nitrogens with zero attached hydrogens (tertiary/aromatic N) is 2. The summed E-state index contributed by atoms with van der Waals surface area (Å²) in [5.41, 5.74) is 3.60. The van der Waals surface area contributed by atoms with Crippen molar-refractivity contribution >= 4 is 40.4 Å². The fourth-order valence-electron chi connectivity index (χ4n) is 6.22. The van der Waals surface area contributed by atoms with Crippen LogP contribution in [0.3, 0.4) is 0 Å². The molecule has 3 N–H and O–H groups in total. The van der Waals surface area contributed by atoms with Gasteiger partial charge in [0.05, 0.1) is 18.4 Å². The van der Waals surface area contributed by atoms with Crippen LogP contribution in [-0.2, 0) is 16.0 Å². The van der Waals surface area contributed by atoms with E-state index in [0.717, 1.165) is 32.6 Å². The zero-order valence-electron chi connectivity index (χ0n) is 24.0. The smallest absolute Gasteiger partial charge is 0.332 e. The van der Waals surface area contributed by atoms with Gasteiger partial charge in [-0.2, -0.15) is 0 Å². The van der Waals surface area contributed by atoms with Gasteiger partial charge in [-0.1, -0.05) is 62.7 Å². The third-order valence-electron chi connectivity index (χ3n) is 8.61. The molecule has 43 heavy (non-hydrogen) atoms. The number of anilines is 1. The highest BCUT2D eigenvalue weighted by Gasteiger charge is 2.53. The van der Waals surface area contributed by atoms with Crippen molar-refractivity contribution in [2.75, 3.05) is 12.0 Å². The van der Waals surface area contributed by atoms with E-state index in [1.807, 2.05) is 55.5 Å². The van der Waals surface area contributed by atoms with E-state index in [4.69, 9.17) is 4.74 Å². The van der Waals surface area contributed by atoms with Gasteiger partial charge in [0.15, 0.2) is 0 Å². The quantitative estimate of drug-likeness (QED) is 0.254. The topological polar surface area (TPSA) is 132 Å². The van der Waals surface area contributed by atoms with Crippen LogP contribution in [0.4, 0.5) is 10.5 Å². The number of methoxy groups -OCH3 is 1. The van der Waals surface area contributed by atoms with E-state index in [9.17, 15) is 24.3 Å². The predicted octanol–water partition coefficient (Wildman–Crippen LogP) is 4.89. The van der Waals surface area contributed by atoms with Gasteiger partial charge < -0.3 is 20.1 Å². The van der Waals surface area contributed by atoms with E-state index >= 15 is 0 Å². The van der Waals surface area contributed by atoms with Crippen molar-refractivity contribution in [3.63, 3.8) is 0 Å². The fraction of sp³-hybridized carbons (Fsp3) is 0.273. The van der Waals surface area contributed by atoms with Crippen molar-refractivity contribution in [3.8, 4) is 5.75 Å². The number of amides is 4. The molecule has 4 amide bonds. The largest absolute Gasteiger partial charge is 0.497 e. The molecule has 1 aromatic heterocycles. The minimum Gasteiger partial charge on any atom is -0.497 e. The van der Waals surface area contributed by atoms with E-state index < -0.39 is 41.9 Å². The highest BCUT2D eigenvalue weighted by Crippen LogP contribution is 2.45. The summed E-state index contributed by atoms with van der Waals surface area (Å²) < 4.78 is 5.48. The third-order valence-corrected chi connectivity index (χ3v) is 8.61. The van der Waals surface area contributed by atoms with Gasteiger partial charge in [0, 0.05) is 23.0 Å². The first-order chi connectivity index (χ1) is 20.7. The number of aromatic amines is 1. The Hall–Kier alpha value is -5.12. The lowest BCUT2D eigenvalue weighted by molar-refractivity contribution is -0.140. The molecule has 6 rings (SSSR count). The molecule has 0 aliphatic carbocycles. The first kappa shape index (κ1) is 28.0.